The summed E-state index contributed by atoms with van der Waals surface area (Å²) in [4.78, 5) is 0. The van der Waals surface area contributed by atoms with Gasteiger partial charge in [-0.25, -0.2) is 0 Å². The predicted octanol–water partition coefficient (Wildman–Crippen LogP) is 14.3. The van der Waals surface area contributed by atoms with Crippen LogP contribution in [0.5, 0.6) is 0 Å². The molecule has 2 heterocycles. The molecule has 0 atom stereocenters. The van der Waals surface area contributed by atoms with Gasteiger partial charge in [-0.3, -0.25) is 0 Å². The average Bonchev–Trinajstić information content (AvgIpc) is 3.74. The number of hydrogen-bond acceptors (Lipinski definition) is 1. The number of nitrogens with one attached hydrogen (secondary N) is 1. The largest absolute Gasteiger partial charge is 0.355 e. The highest BCUT2D eigenvalue weighted by molar-refractivity contribution is 6.10. The minimum absolute atomic E-state index is 0.0996. The van der Waals surface area contributed by atoms with E-state index in [0.717, 1.165) is 33.9 Å². The van der Waals surface area contributed by atoms with E-state index in [1.54, 1.807) is 0 Å². The van der Waals surface area contributed by atoms with E-state index in [9.17, 15) is 0 Å². The van der Waals surface area contributed by atoms with Gasteiger partial charge in [-0.05, 0) is 112 Å². The first kappa shape index (κ1) is 32.8. The van der Waals surface area contributed by atoms with Crippen LogP contribution in [0, 0.1) is 0 Å². The molecule has 0 aliphatic carbocycles. The Morgan fingerprint density at radius 3 is 1.07 bits per heavy atom. The summed E-state index contributed by atoms with van der Waals surface area (Å²) in [5.41, 5.74) is 15.3. The van der Waals surface area contributed by atoms with Crippen molar-refractivity contribution in [3.8, 4) is 33.6 Å². The first-order chi connectivity index (χ1) is 26.9. The van der Waals surface area contributed by atoms with Gasteiger partial charge in [0, 0.05) is 44.3 Å². The molecule has 0 spiro atoms. The molecule has 3 nitrogen and oxygen atoms in total. The van der Waals surface area contributed by atoms with Gasteiger partial charge < -0.3 is 14.5 Å². The van der Waals surface area contributed by atoms with Gasteiger partial charge in [0.25, 0.3) is 0 Å². The van der Waals surface area contributed by atoms with Crippen LogP contribution in [-0.2, 0) is 5.41 Å². The summed E-state index contributed by atoms with van der Waals surface area (Å²) >= 11 is 0. The van der Waals surface area contributed by atoms with E-state index in [-0.39, 0.29) is 5.41 Å². The van der Waals surface area contributed by atoms with E-state index < -0.39 is 0 Å². The summed E-state index contributed by atoms with van der Waals surface area (Å²) in [5, 5.41) is 8.82. The van der Waals surface area contributed by atoms with Crippen LogP contribution in [-0.4, -0.2) is 9.13 Å². The molecule has 0 bridgehead atoms. The van der Waals surface area contributed by atoms with E-state index in [1.807, 2.05) is 0 Å². The Hall–Kier alpha value is -6.84. The Morgan fingerprint density at radius 2 is 0.709 bits per heavy atom. The SMILES string of the molecule is CC(C)(C)c1ccc(Nc2cc(-c3ccc(-n4c5ccccc5c5ccccc54)cc3)cc(-c3ccc(-n4c5ccccc5c5ccccc54)cc3)c2)cc1. The van der Waals surface area contributed by atoms with Gasteiger partial charge in [-0.1, -0.05) is 130 Å². The van der Waals surface area contributed by atoms with Crippen molar-refractivity contribution in [3.05, 3.63) is 194 Å². The maximum atomic E-state index is 3.74. The summed E-state index contributed by atoms with van der Waals surface area (Å²) in [7, 11) is 0. The number of fused-ring (bicyclic) bond motifs is 6. The smallest absolute Gasteiger partial charge is 0.0541 e. The fourth-order valence-corrected chi connectivity index (χ4v) is 8.26. The Morgan fingerprint density at radius 1 is 0.345 bits per heavy atom. The zero-order valence-corrected chi connectivity index (χ0v) is 31.3. The van der Waals surface area contributed by atoms with Crippen LogP contribution in [0.25, 0.3) is 77.2 Å². The topological polar surface area (TPSA) is 21.9 Å². The second kappa shape index (κ2) is 12.9. The molecule has 0 amide bonds. The van der Waals surface area contributed by atoms with Gasteiger partial charge >= 0.3 is 0 Å². The molecule has 0 aliphatic heterocycles. The van der Waals surface area contributed by atoms with Crippen LogP contribution in [0.15, 0.2) is 188 Å². The van der Waals surface area contributed by atoms with Crippen molar-refractivity contribution in [1.29, 1.82) is 0 Å². The second-order valence-corrected chi connectivity index (χ2v) is 15.6. The van der Waals surface area contributed by atoms with Crippen molar-refractivity contribution in [3.63, 3.8) is 0 Å². The van der Waals surface area contributed by atoms with Crippen LogP contribution in [0.2, 0.25) is 0 Å². The molecule has 0 saturated heterocycles. The number of hydrogen-bond donors (Lipinski definition) is 1. The Kier molecular flexibility index (Phi) is 7.71. The van der Waals surface area contributed by atoms with Crippen LogP contribution in [0.4, 0.5) is 11.4 Å². The van der Waals surface area contributed by atoms with Crippen molar-refractivity contribution in [1.82, 2.24) is 9.13 Å². The summed E-state index contributed by atoms with van der Waals surface area (Å²) in [5.74, 6) is 0. The number of aromatic nitrogens is 2. The molecule has 264 valence electrons. The van der Waals surface area contributed by atoms with Crippen molar-refractivity contribution < 1.29 is 0 Å². The highest BCUT2D eigenvalue weighted by atomic mass is 15.0. The molecule has 0 fully saturated rings. The molecule has 10 aromatic rings. The van der Waals surface area contributed by atoms with Gasteiger partial charge in [-0.2, -0.15) is 0 Å². The highest BCUT2D eigenvalue weighted by Gasteiger charge is 2.16. The van der Waals surface area contributed by atoms with Crippen molar-refractivity contribution >= 4 is 55.0 Å². The molecular weight excluding hydrogens is 667 g/mol. The minimum atomic E-state index is 0.0996. The predicted molar refractivity (Wildman–Crippen MR) is 234 cm³/mol. The lowest BCUT2D eigenvalue weighted by Crippen LogP contribution is -2.10. The third-order valence-electron chi connectivity index (χ3n) is 11.1. The fraction of sp³-hybridized carbons (Fsp3) is 0.0769. The molecule has 55 heavy (non-hydrogen) atoms. The normalized spacial score (nSPS) is 11.9. The Balaban J connectivity index is 1.06. The number of benzene rings is 8. The molecule has 1 N–H and O–H groups in total. The maximum Gasteiger partial charge on any atom is 0.0541 e. The van der Waals surface area contributed by atoms with E-state index >= 15 is 0 Å². The molecule has 0 radical (unpaired) electrons. The molecule has 8 aromatic carbocycles. The second-order valence-electron chi connectivity index (χ2n) is 15.6. The standard InChI is InChI=1S/C52H41N3/c1-52(2,3)39-24-26-40(27-25-39)53-41-33-37(35-20-28-42(29-21-35)54-48-16-8-4-12-44(48)45-13-5-9-17-49(45)54)32-38(34-41)36-22-30-43(31-23-36)55-50-18-10-6-14-46(50)47-15-7-11-19-51(47)55/h4-34,53H,1-3H3. The number of anilines is 2. The summed E-state index contributed by atoms with van der Waals surface area (Å²) in [6.45, 7) is 6.76. The van der Waals surface area contributed by atoms with Crippen molar-refractivity contribution in [2.75, 3.05) is 5.32 Å². The molecule has 10 rings (SSSR count). The first-order valence-electron chi connectivity index (χ1n) is 19.1. The number of para-hydroxylation sites is 4. The van der Waals surface area contributed by atoms with E-state index in [2.05, 4.69) is 223 Å². The third kappa shape index (κ3) is 5.77. The van der Waals surface area contributed by atoms with E-state index in [1.165, 1.54) is 60.3 Å². The summed E-state index contributed by atoms with van der Waals surface area (Å²) < 4.78 is 4.75. The van der Waals surface area contributed by atoms with Gasteiger partial charge in [-0.15, -0.1) is 0 Å². The molecule has 0 aliphatic rings. The first-order valence-corrected chi connectivity index (χ1v) is 19.1. The zero-order valence-electron chi connectivity index (χ0n) is 31.3. The monoisotopic (exact) mass is 707 g/mol. The highest BCUT2D eigenvalue weighted by Crippen LogP contribution is 2.37. The molecule has 0 unspecified atom stereocenters. The molecule has 2 aromatic heterocycles. The van der Waals surface area contributed by atoms with Crippen LogP contribution in [0.3, 0.4) is 0 Å². The Bertz CT molecular complexity index is 2730. The molecule has 0 saturated carbocycles. The average molecular weight is 708 g/mol. The number of rotatable bonds is 6. The lowest BCUT2D eigenvalue weighted by atomic mass is 9.87. The third-order valence-corrected chi connectivity index (χ3v) is 11.1. The van der Waals surface area contributed by atoms with Crippen LogP contribution in [0.1, 0.15) is 26.3 Å². The summed E-state index contributed by atoms with van der Waals surface area (Å²) in [6.07, 6.45) is 0. The molecular formula is C52H41N3. The molecule has 3 heteroatoms. The quantitative estimate of drug-likeness (QED) is 0.183. The van der Waals surface area contributed by atoms with Crippen LogP contribution < -0.4 is 5.32 Å². The lowest BCUT2D eigenvalue weighted by Gasteiger charge is -2.19. The van der Waals surface area contributed by atoms with Gasteiger partial charge in [0.2, 0.25) is 0 Å². The van der Waals surface area contributed by atoms with Crippen molar-refractivity contribution in [2.45, 2.75) is 26.2 Å². The van der Waals surface area contributed by atoms with E-state index in [0.29, 0.717) is 0 Å². The maximum absolute atomic E-state index is 3.74. The van der Waals surface area contributed by atoms with E-state index in [4.69, 9.17) is 0 Å². The van der Waals surface area contributed by atoms with Gasteiger partial charge in [0.05, 0.1) is 22.1 Å². The fourth-order valence-electron chi connectivity index (χ4n) is 8.26. The zero-order chi connectivity index (χ0) is 37.1. The van der Waals surface area contributed by atoms with Gasteiger partial charge in [0.1, 0.15) is 0 Å². The van der Waals surface area contributed by atoms with Crippen LogP contribution >= 0.6 is 0 Å². The Labute approximate surface area is 321 Å². The summed E-state index contributed by atoms with van der Waals surface area (Å²) in [6, 6.07) is 68.4. The van der Waals surface area contributed by atoms with Crippen molar-refractivity contribution in [2.24, 2.45) is 0 Å². The van der Waals surface area contributed by atoms with Gasteiger partial charge in [0.15, 0.2) is 0 Å². The lowest BCUT2D eigenvalue weighted by molar-refractivity contribution is 0.590. The number of nitrogens with zero attached hydrogens (tertiary/aromatic N) is 2. The minimum Gasteiger partial charge on any atom is -0.355 e.